The summed E-state index contributed by atoms with van der Waals surface area (Å²) < 4.78 is 45.2. The van der Waals surface area contributed by atoms with E-state index in [2.05, 4.69) is 15.2 Å². The average Bonchev–Trinajstić information content (AvgIpc) is 3.22. The van der Waals surface area contributed by atoms with E-state index in [4.69, 9.17) is 4.42 Å². The van der Waals surface area contributed by atoms with Crippen molar-refractivity contribution in [1.29, 1.82) is 0 Å². The van der Waals surface area contributed by atoms with Crippen LogP contribution in [0.2, 0.25) is 0 Å². The topological polar surface area (TPSA) is 58.4 Å². The molecule has 0 atom stereocenters. The van der Waals surface area contributed by atoms with Gasteiger partial charge in [-0.2, -0.15) is 13.2 Å². The Morgan fingerprint density at radius 2 is 1.63 bits per heavy atom. The van der Waals surface area contributed by atoms with Gasteiger partial charge >= 0.3 is 6.18 Å². The lowest BCUT2D eigenvalue weighted by atomic mass is 10.1. The summed E-state index contributed by atoms with van der Waals surface area (Å²) >= 11 is 0. The Morgan fingerprint density at radius 3 is 2.27 bits per heavy atom. The highest BCUT2D eigenvalue weighted by atomic mass is 19.4. The molecule has 0 unspecified atom stereocenters. The lowest BCUT2D eigenvalue weighted by Gasteiger charge is -2.28. The van der Waals surface area contributed by atoms with E-state index in [1.165, 1.54) is 6.42 Å². The molecule has 1 saturated heterocycles. The number of hydrogen-bond acceptors (Lipinski definition) is 4. The van der Waals surface area contributed by atoms with Crippen LogP contribution in [0.15, 0.2) is 59.0 Å². The van der Waals surface area contributed by atoms with Gasteiger partial charge in [0, 0.05) is 30.0 Å². The molecule has 30 heavy (non-hydrogen) atoms. The minimum atomic E-state index is -4.84. The highest BCUT2D eigenvalue weighted by Gasteiger charge is 2.42. The van der Waals surface area contributed by atoms with Crippen molar-refractivity contribution in [3.8, 4) is 11.5 Å². The summed E-state index contributed by atoms with van der Waals surface area (Å²) in [6.07, 6.45) is -1.36. The predicted molar refractivity (Wildman–Crippen MR) is 107 cm³/mol. The second kappa shape index (κ2) is 8.22. The molecule has 1 fully saturated rings. The molecule has 5 nitrogen and oxygen atoms in total. The lowest BCUT2D eigenvalue weighted by molar-refractivity contribution is -0.153. The molecule has 2 aromatic carbocycles. The highest BCUT2D eigenvalue weighted by Crippen LogP contribution is 2.35. The second-order valence-corrected chi connectivity index (χ2v) is 7.11. The first kappa shape index (κ1) is 20.0. The van der Waals surface area contributed by atoms with Crippen molar-refractivity contribution in [2.24, 2.45) is 0 Å². The van der Waals surface area contributed by atoms with Crippen molar-refractivity contribution in [3.63, 3.8) is 0 Å². The molecule has 1 N–H and O–H groups in total. The number of benzene rings is 2. The predicted octanol–water partition coefficient (Wildman–Crippen LogP) is 5.60. The number of rotatable bonds is 4. The van der Waals surface area contributed by atoms with E-state index in [-0.39, 0.29) is 5.89 Å². The zero-order valence-electron chi connectivity index (χ0n) is 16.1. The summed E-state index contributed by atoms with van der Waals surface area (Å²) in [7, 11) is 0. The number of carbonyl (C=O) groups is 1. The Balaban J connectivity index is 1.56. The van der Waals surface area contributed by atoms with E-state index in [0.29, 0.717) is 11.3 Å². The van der Waals surface area contributed by atoms with Gasteiger partial charge in [0.1, 0.15) is 0 Å². The molecule has 1 aliphatic rings. The number of nitrogens with one attached hydrogen (secondary N) is 1. The van der Waals surface area contributed by atoms with Crippen molar-refractivity contribution >= 4 is 17.3 Å². The molecule has 1 aromatic heterocycles. The van der Waals surface area contributed by atoms with Gasteiger partial charge in [0.15, 0.2) is 5.69 Å². The van der Waals surface area contributed by atoms with Crippen LogP contribution in [0.25, 0.3) is 11.5 Å². The van der Waals surface area contributed by atoms with Crippen LogP contribution in [0.1, 0.15) is 35.5 Å². The molecule has 0 spiro atoms. The Hall–Kier alpha value is -3.29. The molecular weight excluding hydrogens is 395 g/mol. The minimum absolute atomic E-state index is 0.256. The summed E-state index contributed by atoms with van der Waals surface area (Å²) in [5.41, 5.74) is 0.976. The lowest BCUT2D eigenvalue weighted by Crippen LogP contribution is -2.29. The number of carbonyl (C=O) groups excluding carboxylic acids is 1. The molecule has 156 valence electrons. The quantitative estimate of drug-likeness (QED) is 0.602. The molecule has 0 bridgehead atoms. The van der Waals surface area contributed by atoms with E-state index in [9.17, 15) is 18.0 Å². The summed E-state index contributed by atoms with van der Waals surface area (Å²) in [5.74, 6) is -2.64. The van der Waals surface area contributed by atoms with Gasteiger partial charge in [-0.1, -0.05) is 18.2 Å². The first-order valence-electron chi connectivity index (χ1n) is 9.71. The number of oxazole rings is 1. The zero-order chi connectivity index (χ0) is 21.1. The number of piperidine rings is 1. The molecule has 0 radical (unpaired) electrons. The SMILES string of the molecule is O=C(Nc1ccc(N2CCCCC2)cc1)c1nc(-c2ccccc2)oc1C(F)(F)F. The Labute approximate surface area is 171 Å². The number of amides is 1. The van der Waals surface area contributed by atoms with Gasteiger partial charge in [-0.25, -0.2) is 4.98 Å². The number of anilines is 2. The maximum absolute atomic E-state index is 13.4. The van der Waals surface area contributed by atoms with Crippen LogP contribution in [-0.2, 0) is 6.18 Å². The van der Waals surface area contributed by atoms with E-state index in [1.54, 1.807) is 42.5 Å². The molecule has 0 saturated carbocycles. The highest BCUT2D eigenvalue weighted by molar-refractivity contribution is 6.04. The number of halogens is 3. The first-order chi connectivity index (χ1) is 14.4. The average molecular weight is 415 g/mol. The Morgan fingerprint density at radius 1 is 0.967 bits per heavy atom. The fourth-order valence-corrected chi connectivity index (χ4v) is 3.47. The summed E-state index contributed by atoms with van der Waals surface area (Å²) in [6.45, 7) is 1.95. The maximum Gasteiger partial charge on any atom is 0.452 e. The molecule has 0 aliphatic carbocycles. The van der Waals surface area contributed by atoms with Gasteiger partial charge in [-0.3, -0.25) is 4.79 Å². The normalized spacial score (nSPS) is 14.6. The third-order valence-corrected chi connectivity index (χ3v) is 4.97. The van der Waals surface area contributed by atoms with E-state index < -0.39 is 23.5 Å². The van der Waals surface area contributed by atoms with Crippen LogP contribution in [0.4, 0.5) is 24.5 Å². The van der Waals surface area contributed by atoms with Crippen molar-refractivity contribution < 1.29 is 22.4 Å². The van der Waals surface area contributed by atoms with Gasteiger partial charge in [-0.15, -0.1) is 0 Å². The fraction of sp³-hybridized carbons (Fsp3) is 0.273. The van der Waals surface area contributed by atoms with Crippen LogP contribution in [0, 0.1) is 0 Å². The molecule has 1 amide bonds. The van der Waals surface area contributed by atoms with Gasteiger partial charge in [0.2, 0.25) is 11.7 Å². The Kier molecular flexibility index (Phi) is 5.48. The first-order valence-corrected chi connectivity index (χ1v) is 9.71. The standard InChI is InChI=1S/C22H20F3N3O2/c23-22(24,25)19-18(27-21(30-19)15-7-3-1-4-8-15)20(29)26-16-9-11-17(12-10-16)28-13-5-2-6-14-28/h1,3-4,7-12H,2,5-6,13-14H2,(H,26,29). The number of alkyl halides is 3. The van der Waals surface area contributed by atoms with E-state index in [0.717, 1.165) is 31.6 Å². The van der Waals surface area contributed by atoms with Gasteiger partial charge < -0.3 is 14.6 Å². The van der Waals surface area contributed by atoms with Crippen molar-refractivity contribution in [3.05, 3.63) is 66.1 Å². The van der Waals surface area contributed by atoms with Crippen molar-refractivity contribution in [1.82, 2.24) is 4.98 Å². The van der Waals surface area contributed by atoms with Crippen LogP contribution >= 0.6 is 0 Å². The van der Waals surface area contributed by atoms with Crippen molar-refractivity contribution in [2.45, 2.75) is 25.4 Å². The summed E-state index contributed by atoms with van der Waals surface area (Å²) in [6, 6.07) is 15.2. The molecule has 8 heteroatoms. The zero-order valence-corrected chi connectivity index (χ0v) is 16.1. The summed E-state index contributed by atoms with van der Waals surface area (Å²) in [4.78, 5) is 18.6. The number of hydrogen-bond donors (Lipinski definition) is 1. The second-order valence-electron chi connectivity index (χ2n) is 7.11. The summed E-state index contributed by atoms with van der Waals surface area (Å²) in [5, 5.41) is 2.49. The Bertz CT molecular complexity index is 1010. The van der Waals surface area contributed by atoms with Gasteiger partial charge in [-0.05, 0) is 55.7 Å². The van der Waals surface area contributed by atoms with E-state index in [1.807, 2.05) is 12.1 Å². The van der Waals surface area contributed by atoms with Gasteiger partial charge in [0.05, 0.1) is 0 Å². The molecule has 1 aliphatic heterocycles. The van der Waals surface area contributed by atoms with Crippen LogP contribution in [-0.4, -0.2) is 24.0 Å². The monoisotopic (exact) mass is 415 g/mol. The minimum Gasteiger partial charge on any atom is -0.431 e. The largest absolute Gasteiger partial charge is 0.452 e. The van der Waals surface area contributed by atoms with Crippen LogP contribution in [0.5, 0.6) is 0 Å². The van der Waals surface area contributed by atoms with Crippen LogP contribution in [0.3, 0.4) is 0 Å². The molecule has 2 heterocycles. The van der Waals surface area contributed by atoms with Gasteiger partial charge in [0.25, 0.3) is 5.91 Å². The smallest absolute Gasteiger partial charge is 0.431 e. The third-order valence-electron chi connectivity index (χ3n) is 4.97. The van der Waals surface area contributed by atoms with E-state index >= 15 is 0 Å². The molecular formula is C22H20F3N3O2. The number of aromatic nitrogens is 1. The van der Waals surface area contributed by atoms with Crippen LogP contribution < -0.4 is 10.2 Å². The molecule has 4 rings (SSSR count). The van der Waals surface area contributed by atoms with Crippen molar-refractivity contribution in [2.75, 3.05) is 23.3 Å². The number of nitrogens with zero attached hydrogens (tertiary/aromatic N) is 2. The maximum atomic E-state index is 13.4. The fourth-order valence-electron chi connectivity index (χ4n) is 3.47. The molecule has 3 aromatic rings. The third kappa shape index (κ3) is 4.32.